The maximum Gasteiger partial charge on any atom is 0.222 e. The van der Waals surface area contributed by atoms with E-state index in [0.717, 1.165) is 11.3 Å². The second-order valence-electron chi connectivity index (χ2n) is 8.90. The molecule has 33 heavy (non-hydrogen) atoms. The molecule has 3 atom stereocenters. The van der Waals surface area contributed by atoms with Gasteiger partial charge < -0.3 is 14.7 Å². The summed E-state index contributed by atoms with van der Waals surface area (Å²) in [4.78, 5) is 16.9. The van der Waals surface area contributed by atoms with Crippen molar-refractivity contribution < 1.29 is 14.6 Å². The number of ether oxygens (including phenoxy) is 1. The van der Waals surface area contributed by atoms with Gasteiger partial charge in [0.2, 0.25) is 5.91 Å². The Labute approximate surface area is 205 Å². The molecule has 0 saturated heterocycles. The lowest BCUT2D eigenvalue weighted by Crippen LogP contribution is -2.47. The molecule has 0 fully saturated rings. The Morgan fingerprint density at radius 1 is 1.33 bits per heavy atom. The van der Waals surface area contributed by atoms with E-state index in [1.54, 1.807) is 21.8 Å². The van der Waals surface area contributed by atoms with Gasteiger partial charge in [0.25, 0.3) is 0 Å². The van der Waals surface area contributed by atoms with Crippen molar-refractivity contribution in [3.63, 3.8) is 0 Å². The molecule has 0 saturated carbocycles. The highest BCUT2D eigenvalue weighted by molar-refractivity contribution is 6.42. The summed E-state index contributed by atoms with van der Waals surface area (Å²) in [5.41, 5.74) is 1.95. The summed E-state index contributed by atoms with van der Waals surface area (Å²) in [6.07, 6.45) is 2.63. The number of aromatic nitrogens is 3. The molecule has 2 heterocycles. The van der Waals surface area contributed by atoms with Crippen LogP contribution in [-0.4, -0.2) is 74.7 Å². The number of benzene rings is 1. The van der Waals surface area contributed by atoms with Crippen molar-refractivity contribution in [3.8, 4) is 0 Å². The van der Waals surface area contributed by atoms with Crippen LogP contribution < -0.4 is 0 Å². The van der Waals surface area contributed by atoms with Crippen molar-refractivity contribution in [1.82, 2.24) is 24.8 Å². The Morgan fingerprint density at radius 3 is 2.85 bits per heavy atom. The zero-order chi connectivity index (χ0) is 24.0. The molecule has 3 rings (SSSR count). The topological polar surface area (TPSA) is 83.7 Å². The van der Waals surface area contributed by atoms with E-state index in [0.29, 0.717) is 55.7 Å². The van der Waals surface area contributed by atoms with Gasteiger partial charge >= 0.3 is 0 Å². The Bertz CT molecular complexity index is 925. The molecule has 182 valence electrons. The van der Waals surface area contributed by atoms with Crippen molar-refractivity contribution in [3.05, 3.63) is 45.7 Å². The van der Waals surface area contributed by atoms with Gasteiger partial charge in [0, 0.05) is 38.5 Å². The highest BCUT2D eigenvalue weighted by atomic mass is 35.5. The molecule has 0 aliphatic carbocycles. The number of fused-ring (bicyclic) bond motifs is 1. The van der Waals surface area contributed by atoms with Crippen LogP contribution >= 0.6 is 23.2 Å². The van der Waals surface area contributed by atoms with Crippen LogP contribution in [0.2, 0.25) is 10.0 Å². The summed E-state index contributed by atoms with van der Waals surface area (Å²) in [5.74, 6) is 0.0801. The summed E-state index contributed by atoms with van der Waals surface area (Å²) < 4.78 is 8.17. The highest BCUT2D eigenvalue weighted by Crippen LogP contribution is 2.24. The third kappa shape index (κ3) is 7.13. The molecule has 2 aromatic rings. The number of aryl methyl sites for hydroxylation is 1. The maximum atomic E-state index is 13.0. The highest BCUT2D eigenvalue weighted by Gasteiger charge is 2.28. The lowest BCUT2D eigenvalue weighted by molar-refractivity contribution is -0.136. The van der Waals surface area contributed by atoms with E-state index in [4.69, 9.17) is 27.9 Å². The minimum Gasteiger partial charge on any atom is -0.394 e. The van der Waals surface area contributed by atoms with Gasteiger partial charge in [0.05, 0.1) is 47.3 Å². The first kappa shape index (κ1) is 25.9. The number of likely N-dealkylation sites (N-methyl/N-ethyl adjacent to an activating group) is 1. The Morgan fingerprint density at radius 2 is 2.12 bits per heavy atom. The number of carbonyl (C=O) groups excluding carboxylic acids is 1. The largest absolute Gasteiger partial charge is 0.394 e. The molecule has 1 amide bonds. The van der Waals surface area contributed by atoms with E-state index in [1.807, 2.05) is 26.1 Å². The molecular formula is C23H33Cl2N5O3. The van der Waals surface area contributed by atoms with E-state index in [9.17, 15) is 9.90 Å². The van der Waals surface area contributed by atoms with Crippen LogP contribution in [0.1, 0.15) is 37.9 Å². The molecule has 1 aliphatic heterocycles. The third-order valence-corrected chi connectivity index (χ3v) is 6.81. The lowest BCUT2D eigenvalue weighted by atomic mass is 10.0. The first-order valence-corrected chi connectivity index (χ1v) is 12.1. The zero-order valence-corrected chi connectivity index (χ0v) is 21.0. The predicted molar refractivity (Wildman–Crippen MR) is 128 cm³/mol. The smallest absolute Gasteiger partial charge is 0.222 e. The number of hydrogen-bond acceptors (Lipinski definition) is 6. The lowest BCUT2D eigenvalue weighted by Gasteiger charge is -2.35. The Balaban J connectivity index is 1.77. The SMILES string of the molecule is C[C@@H]1CN([C@H](C)CO)C(=O)CCCn2nncc2CO[C@H]1CN(C)Cc1ccc(Cl)c(Cl)c1. The van der Waals surface area contributed by atoms with Gasteiger partial charge in [-0.2, -0.15) is 0 Å². The van der Waals surface area contributed by atoms with Crippen LogP contribution in [0.5, 0.6) is 0 Å². The quantitative estimate of drug-likeness (QED) is 0.659. The van der Waals surface area contributed by atoms with Crippen LogP contribution in [0, 0.1) is 5.92 Å². The fourth-order valence-corrected chi connectivity index (χ4v) is 4.39. The molecule has 8 nitrogen and oxygen atoms in total. The molecule has 1 aliphatic rings. The minimum atomic E-state index is -0.251. The first-order chi connectivity index (χ1) is 15.8. The summed E-state index contributed by atoms with van der Waals surface area (Å²) in [7, 11) is 2.03. The second-order valence-corrected chi connectivity index (χ2v) is 9.72. The van der Waals surface area contributed by atoms with Gasteiger partial charge in [-0.15, -0.1) is 5.10 Å². The maximum absolute atomic E-state index is 13.0. The fraction of sp³-hybridized carbons (Fsp3) is 0.609. The molecule has 10 heteroatoms. The third-order valence-electron chi connectivity index (χ3n) is 6.07. The monoisotopic (exact) mass is 497 g/mol. The van der Waals surface area contributed by atoms with Crippen molar-refractivity contribution in [1.29, 1.82) is 0 Å². The van der Waals surface area contributed by atoms with Gasteiger partial charge in [-0.25, -0.2) is 4.68 Å². The second kappa shape index (κ2) is 12.1. The average Bonchev–Trinajstić information content (AvgIpc) is 3.23. The number of aliphatic hydroxyl groups is 1. The Hall–Kier alpha value is -1.71. The van der Waals surface area contributed by atoms with Crippen LogP contribution in [0.4, 0.5) is 0 Å². The van der Waals surface area contributed by atoms with E-state index in [-0.39, 0.29) is 30.6 Å². The molecule has 0 spiro atoms. The Kier molecular flexibility index (Phi) is 9.52. The summed E-state index contributed by atoms with van der Waals surface area (Å²) in [5, 5.41) is 19.0. The first-order valence-electron chi connectivity index (χ1n) is 11.3. The van der Waals surface area contributed by atoms with Gasteiger partial charge in [0.1, 0.15) is 0 Å². The van der Waals surface area contributed by atoms with Gasteiger partial charge in [-0.05, 0) is 38.1 Å². The van der Waals surface area contributed by atoms with Crippen LogP contribution in [0.3, 0.4) is 0 Å². The van der Waals surface area contributed by atoms with E-state index in [2.05, 4.69) is 22.1 Å². The number of hydrogen-bond donors (Lipinski definition) is 1. The number of rotatable bonds is 6. The summed E-state index contributed by atoms with van der Waals surface area (Å²) >= 11 is 12.2. The number of amides is 1. The number of aliphatic hydroxyl groups excluding tert-OH is 1. The number of carbonyl (C=O) groups is 1. The molecule has 0 unspecified atom stereocenters. The summed E-state index contributed by atoms with van der Waals surface area (Å²) in [6.45, 7) is 6.73. The molecule has 1 aromatic carbocycles. The van der Waals surface area contributed by atoms with Crippen molar-refractivity contribution in [2.24, 2.45) is 5.92 Å². The number of nitrogens with zero attached hydrogens (tertiary/aromatic N) is 5. The van der Waals surface area contributed by atoms with E-state index in [1.165, 1.54) is 0 Å². The predicted octanol–water partition coefficient (Wildman–Crippen LogP) is 3.24. The molecule has 1 aromatic heterocycles. The summed E-state index contributed by atoms with van der Waals surface area (Å²) in [6, 6.07) is 5.39. The van der Waals surface area contributed by atoms with Crippen molar-refractivity contribution in [2.75, 3.05) is 26.7 Å². The van der Waals surface area contributed by atoms with Crippen LogP contribution in [0.15, 0.2) is 24.4 Å². The molecule has 1 N–H and O–H groups in total. The fourth-order valence-electron chi connectivity index (χ4n) is 4.07. The number of halogens is 2. The molecule has 0 radical (unpaired) electrons. The van der Waals surface area contributed by atoms with E-state index >= 15 is 0 Å². The average molecular weight is 498 g/mol. The molecular weight excluding hydrogens is 465 g/mol. The van der Waals surface area contributed by atoms with Crippen molar-refractivity contribution in [2.45, 2.75) is 58.5 Å². The molecule has 0 bridgehead atoms. The zero-order valence-electron chi connectivity index (χ0n) is 19.5. The van der Waals surface area contributed by atoms with E-state index < -0.39 is 0 Å². The van der Waals surface area contributed by atoms with Crippen molar-refractivity contribution >= 4 is 29.1 Å². The van der Waals surface area contributed by atoms with Gasteiger partial charge in [-0.3, -0.25) is 9.69 Å². The normalized spacial score (nSPS) is 21.4. The van der Waals surface area contributed by atoms with Gasteiger partial charge in [-0.1, -0.05) is 41.4 Å². The van der Waals surface area contributed by atoms with Gasteiger partial charge in [0.15, 0.2) is 0 Å². The van der Waals surface area contributed by atoms with Crippen LogP contribution in [0.25, 0.3) is 0 Å². The minimum absolute atomic E-state index is 0.0357. The standard InChI is InChI=1S/C23H33Cl2N5O3/c1-16-11-29(17(2)14-31)23(32)5-4-8-30-19(10-26-27-30)15-33-22(16)13-28(3)12-18-6-7-20(24)21(25)9-18/h6-7,9-10,16-17,22,31H,4-5,8,11-15H2,1-3H3/t16-,17-,22+/m1/s1. The van der Waals surface area contributed by atoms with Crippen LogP contribution in [-0.2, 0) is 29.2 Å².